The number of anilines is 2. The topological polar surface area (TPSA) is 66.6 Å². The number of nitrogens with two attached hydrogens (primary N) is 1. The first kappa shape index (κ1) is 22.1. The van der Waals surface area contributed by atoms with Crippen LogP contribution in [0.4, 0.5) is 15.8 Å². The van der Waals surface area contributed by atoms with E-state index >= 15 is 0 Å². The lowest BCUT2D eigenvalue weighted by atomic mass is 10.1. The number of rotatable bonds is 7. The highest BCUT2D eigenvalue weighted by Crippen LogP contribution is 2.28. The summed E-state index contributed by atoms with van der Waals surface area (Å²) in [5, 5.41) is 0.329. The van der Waals surface area contributed by atoms with Gasteiger partial charge in [0.1, 0.15) is 5.82 Å². The lowest BCUT2D eigenvalue weighted by Crippen LogP contribution is -2.31. The van der Waals surface area contributed by atoms with Crippen LogP contribution in [0.1, 0.15) is 11.1 Å². The van der Waals surface area contributed by atoms with Crippen LogP contribution in [0, 0.1) is 5.82 Å². The number of hydrogen-bond acceptors (Lipinski definition) is 4. The molecule has 2 N–H and O–H groups in total. The number of nitrogen functional groups attached to an aromatic ring is 1. The number of hydrogen-bond donors (Lipinski definition) is 1. The molecule has 30 heavy (non-hydrogen) atoms. The van der Waals surface area contributed by atoms with Crippen LogP contribution < -0.4 is 10.6 Å². The average Bonchev–Trinajstić information content (AvgIpc) is 2.69. The summed E-state index contributed by atoms with van der Waals surface area (Å²) in [6.45, 7) is 0.154. The van der Waals surface area contributed by atoms with E-state index in [0.29, 0.717) is 16.3 Å². The molecule has 0 aliphatic carbocycles. The van der Waals surface area contributed by atoms with Gasteiger partial charge in [0.05, 0.1) is 4.90 Å². The Balaban J connectivity index is 2.06. The third kappa shape index (κ3) is 5.11. The molecule has 158 valence electrons. The molecule has 0 saturated carbocycles. The van der Waals surface area contributed by atoms with Crippen molar-refractivity contribution in [2.24, 2.45) is 0 Å². The Hall–Kier alpha value is -2.61. The van der Waals surface area contributed by atoms with Crippen LogP contribution in [-0.4, -0.2) is 26.8 Å². The zero-order valence-corrected chi connectivity index (χ0v) is 18.3. The molecule has 0 atom stereocenters. The van der Waals surface area contributed by atoms with Gasteiger partial charge in [-0.3, -0.25) is 0 Å². The van der Waals surface area contributed by atoms with Gasteiger partial charge in [0.15, 0.2) is 0 Å². The second kappa shape index (κ2) is 9.04. The molecule has 0 aliphatic heterocycles. The van der Waals surface area contributed by atoms with Gasteiger partial charge in [-0.1, -0.05) is 29.8 Å². The van der Waals surface area contributed by atoms with Crippen molar-refractivity contribution in [3.63, 3.8) is 0 Å². The predicted molar refractivity (Wildman–Crippen MR) is 119 cm³/mol. The molecule has 5 nitrogen and oxygen atoms in total. The van der Waals surface area contributed by atoms with E-state index in [1.54, 1.807) is 36.4 Å². The Bertz CT molecular complexity index is 1140. The Morgan fingerprint density at radius 2 is 1.67 bits per heavy atom. The predicted octanol–water partition coefficient (Wildman–Crippen LogP) is 4.52. The molecule has 0 amide bonds. The Kier molecular flexibility index (Phi) is 6.65. The molecule has 0 bridgehead atoms. The zero-order chi connectivity index (χ0) is 21.9. The zero-order valence-electron chi connectivity index (χ0n) is 16.7. The van der Waals surface area contributed by atoms with Gasteiger partial charge in [-0.05, 0) is 59.7 Å². The van der Waals surface area contributed by atoms with Gasteiger partial charge >= 0.3 is 0 Å². The van der Waals surface area contributed by atoms with Gasteiger partial charge in [0.2, 0.25) is 10.0 Å². The standard InChI is InChI=1S/C22H23ClFN3O2S/c1-26(2)22-11-10-20(25)12-17(22)15-27(14-16-6-8-19(24)9-7-16)30(28,29)21-5-3-4-18(23)13-21/h3-13H,14-15,25H2,1-2H3. The number of benzene rings is 3. The average molecular weight is 448 g/mol. The minimum absolute atomic E-state index is 0.0663. The van der Waals surface area contributed by atoms with Crippen molar-refractivity contribution in [3.8, 4) is 0 Å². The number of nitrogens with zero attached hydrogens (tertiary/aromatic N) is 2. The van der Waals surface area contributed by atoms with Crippen LogP contribution in [0.2, 0.25) is 5.02 Å². The molecule has 8 heteroatoms. The second-order valence-electron chi connectivity index (χ2n) is 7.14. The Morgan fingerprint density at radius 3 is 2.30 bits per heavy atom. The molecule has 3 aromatic carbocycles. The van der Waals surface area contributed by atoms with Gasteiger partial charge in [-0.25, -0.2) is 12.8 Å². The quantitative estimate of drug-likeness (QED) is 0.541. The van der Waals surface area contributed by atoms with Crippen LogP contribution in [0.3, 0.4) is 0 Å². The molecule has 0 aliphatic rings. The van der Waals surface area contributed by atoms with Gasteiger partial charge in [-0.2, -0.15) is 4.31 Å². The summed E-state index contributed by atoms with van der Waals surface area (Å²) in [7, 11) is -0.130. The summed E-state index contributed by atoms with van der Waals surface area (Å²) in [5.74, 6) is -0.381. The normalized spacial score (nSPS) is 11.6. The molecule has 0 aromatic heterocycles. The molecular formula is C22H23ClFN3O2S. The van der Waals surface area contributed by atoms with Gasteiger partial charge in [0, 0.05) is 43.6 Å². The fourth-order valence-corrected chi connectivity index (χ4v) is 4.86. The molecule has 0 spiro atoms. The van der Waals surface area contributed by atoms with E-state index in [1.165, 1.54) is 28.6 Å². The highest BCUT2D eigenvalue weighted by molar-refractivity contribution is 7.89. The molecule has 0 unspecified atom stereocenters. The lowest BCUT2D eigenvalue weighted by Gasteiger charge is -2.26. The van der Waals surface area contributed by atoms with Gasteiger partial charge in [0.25, 0.3) is 0 Å². The summed E-state index contributed by atoms with van der Waals surface area (Å²) in [6, 6.07) is 17.3. The van der Waals surface area contributed by atoms with Crippen LogP contribution in [0.25, 0.3) is 0 Å². The maximum absolute atomic E-state index is 13.5. The van der Waals surface area contributed by atoms with Crippen molar-refractivity contribution in [2.45, 2.75) is 18.0 Å². The third-order valence-electron chi connectivity index (χ3n) is 4.64. The Labute approximate surface area is 181 Å². The lowest BCUT2D eigenvalue weighted by molar-refractivity contribution is 0.401. The van der Waals surface area contributed by atoms with Crippen molar-refractivity contribution in [1.29, 1.82) is 0 Å². The fraction of sp³-hybridized carbons (Fsp3) is 0.182. The molecular weight excluding hydrogens is 425 g/mol. The molecule has 0 fully saturated rings. The van der Waals surface area contributed by atoms with Crippen molar-refractivity contribution in [3.05, 3.63) is 88.7 Å². The molecule has 3 rings (SSSR count). The first-order valence-corrected chi connectivity index (χ1v) is 11.0. The van der Waals surface area contributed by atoms with E-state index in [9.17, 15) is 12.8 Å². The smallest absolute Gasteiger partial charge is 0.243 e. The van der Waals surface area contributed by atoms with Crippen molar-refractivity contribution in [2.75, 3.05) is 24.7 Å². The number of sulfonamides is 1. The van der Waals surface area contributed by atoms with Gasteiger partial charge < -0.3 is 10.6 Å². The van der Waals surface area contributed by atoms with Gasteiger partial charge in [-0.15, -0.1) is 0 Å². The summed E-state index contributed by atoms with van der Waals surface area (Å²) in [6.07, 6.45) is 0. The first-order chi connectivity index (χ1) is 14.2. The van der Waals surface area contributed by atoms with E-state index in [0.717, 1.165) is 11.3 Å². The van der Waals surface area contributed by atoms with Crippen LogP contribution >= 0.6 is 11.6 Å². The van der Waals surface area contributed by atoms with Crippen molar-refractivity contribution < 1.29 is 12.8 Å². The van der Waals surface area contributed by atoms with E-state index in [2.05, 4.69) is 0 Å². The minimum Gasteiger partial charge on any atom is -0.399 e. The van der Waals surface area contributed by atoms with Crippen molar-refractivity contribution in [1.82, 2.24) is 4.31 Å². The largest absolute Gasteiger partial charge is 0.399 e. The summed E-state index contributed by atoms with van der Waals surface area (Å²) in [5.41, 5.74) is 8.78. The summed E-state index contributed by atoms with van der Waals surface area (Å²) in [4.78, 5) is 1.99. The van der Waals surface area contributed by atoms with Crippen molar-refractivity contribution >= 4 is 33.0 Å². The summed E-state index contributed by atoms with van der Waals surface area (Å²) < 4.78 is 41.6. The van der Waals surface area contributed by atoms with Crippen LogP contribution in [-0.2, 0) is 23.1 Å². The maximum atomic E-state index is 13.5. The SMILES string of the molecule is CN(C)c1ccc(N)cc1CN(Cc1ccc(F)cc1)S(=O)(=O)c1cccc(Cl)c1. The fourth-order valence-electron chi connectivity index (χ4n) is 3.15. The highest BCUT2D eigenvalue weighted by Gasteiger charge is 2.26. The molecule has 0 heterocycles. The third-order valence-corrected chi connectivity index (χ3v) is 6.66. The van der Waals surface area contributed by atoms with E-state index in [-0.39, 0.29) is 23.8 Å². The second-order valence-corrected chi connectivity index (χ2v) is 9.51. The Morgan fingerprint density at radius 1 is 0.967 bits per heavy atom. The minimum atomic E-state index is -3.89. The molecule has 0 saturated heterocycles. The highest BCUT2D eigenvalue weighted by atomic mass is 35.5. The van der Waals surface area contributed by atoms with E-state index in [1.807, 2.05) is 25.1 Å². The summed E-state index contributed by atoms with van der Waals surface area (Å²) >= 11 is 6.03. The van der Waals surface area contributed by atoms with E-state index in [4.69, 9.17) is 17.3 Å². The van der Waals surface area contributed by atoms with Crippen LogP contribution in [0.15, 0.2) is 71.6 Å². The monoisotopic (exact) mass is 447 g/mol. The van der Waals surface area contributed by atoms with Crippen LogP contribution in [0.5, 0.6) is 0 Å². The first-order valence-electron chi connectivity index (χ1n) is 9.23. The molecule has 0 radical (unpaired) electrons. The molecule has 3 aromatic rings. The maximum Gasteiger partial charge on any atom is 0.243 e. The number of halogens is 2. The van der Waals surface area contributed by atoms with E-state index < -0.39 is 10.0 Å².